The predicted octanol–water partition coefficient (Wildman–Crippen LogP) is 3.90. The van der Waals surface area contributed by atoms with Gasteiger partial charge in [0.15, 0.2) is 5.96 Å². The number of fused-ring (bicyclic) bond motifs is 1. The molecule has 28 heavy (non-hydrogen) atoms. The van der Waals surface area contributed by atoms with E-state index in [0.29, 0.717) is 5.92 Å². The highest BCUT2D eigenvalue weighted by Crippen LogP contribution is 2.20. The first-order valence-corrected chi connectivity index (χ1v) is 10.5. The van der Waals surface area contributed by atoms with Gasteiger partial charge in [-0.25, -0.2) is 0 Å². The molecule has 0 bridgehead atoms. The topological polar surface area (TPSA) is 54.9 Å². The fraction of sp³-hybridized carbons (Fsp3) is 0.522. The Hall–Kier alpha value is -2.11. The normalized spacial score (nSPS) is 18.4. The van der Waals surface area contributed by atoms with E-state index in [1.165, 1.54) is 16.3 Å². The average molecular weight is 384 g/mol. The first kappa shape index (κ1) is 20.6. The van der Waals surface area contributed by atoms with Crippen LogP contribution < -0.4 is 10.6 Å². The van der Waals surface area contributed by atoms with Crippen LogP contribution in [0.25, 0.3) is 10.8 Å². The fourth-order valence-electron chi connectivity index (χ4n) is 3.41. The van der Waals surface area contributed by atoms with Gasteiger partial charge in [0.2, 0.25) is 0 Å². The van der Waals surface area contributed by atoms with Crippen molar-refractivity contribution >= 4 is 16.7 Å². The van der Waals surface area contributed by atoms with E-state index < -0.39 is 0 Å². The van der Waals surface area contributed by atoms with Gasteiger partial charge >= 0.3 is 0 Å². The summed E-state index contributed by atoms with van der Waals surface area (Å²) in [6.07, 6.45) is 2.05. The lowest BCUT2D eigenvalue weighted by Gasteiger charge is -2.18. The third-order valence-corrected chi connectivity index (χ3v) is 5.07. The number of hydrogen-bond donors (Lipinski definition) is 2. The van der Waals surface area contributed by atoms with Crippen LogP contribution in [-0.4, -0.2) is 45.5 Å². The zero-order valence-electron chi connectivity index (χ0n) is 17.1. The SMILES string of the molecule is CCNC(=NCCCOCC1CCOC1)NC(C)c1ccc2ccccc2c1. The molecule has 2 N–H and O–H groups in total. The lowest BCUT2D eigenvalue weighted by molar-refractivity contribution is 0.0893. The molecule has 2 aromatic carbocycles. The van der Waals surface area contributed by atoms with Crippen molar-refractivity contribution in [1.29, 1.82) is 0 Å². The Morgan fingerprint density at radius 1 is 1.25 bits per heavy atom. The van der Waals surface area contributed by atoms with Crippen molar-refractivity contribution in [3.05, 3.63) is 48.0 Å². The van der Waals surface area contributed by atoms with E-state index in [0.717, 1.165) is 58.3 Å². The van der Waals surface area contributed by atoms with E-state index in [9.17, 15) is 0 Å². The quantitative estimate of drug-likeness (QED) is 0.392. The van der Waals surface area contributed by atoms with Gasteiger partial charge in [-0.15, -0.1) is 0 Å². The Kier molecular flexibility index (Phi) is 8.12. The first-order valence-electron chi connectivity index (χ1n) is 10.5. The van der Waals surface area contributed by atoms with Gasteiger partial charge in [-0.3, -0.25) is 4.99 Å². The van der Waals surface area contributed by atoms with Crippen LogP contribution in [0, 0.1) is 5.92 Å². The maximum atomic E-state index is 5.76. The Morgan fingerprint density at radius 2 is 2.11 bits per heavy atom. The molecule has 5 heteroatoms. The summed E-state index contributed by atoms with van der Waals surface area (Å²) in [6.45, 7) is 9.13. The number of aliphatic imine (C=N–C) groups is 1. The molecule has 0 spiro atoms. The summed E-state index contributed by atoms with van der Waals surface area (Å²) in [5.74, 6) is 1.43. The zero-order chi connectivity index (χ0) is 19.6. The molecule has 1 saturated heterocycles. The Bertz CT molecular complexity index is 756. The van der Waals surface area contributed by atoms with Crippen LogP contribution >= 0.6 is 0 Å². The predicted molar refractivity (Wildman–Crippen MR) is 116 cm³/mol. The Balaban J connectivity index is 1.47. The molecule has 152 valence electrons. The summed E-state index contributed by atoms with van der Waals surface area (Å²) >= 11 is 0. The molecule has 1 aliphatic rings. The minimum atomic E-state index is 0.182. The van der Waals surface area contributed by atoms with E-state index in [1.54, 1.807) is 0 Å². The van der Waals surface area contributed by atoms with Crippen molar-refractivity contribution in [3.8, 4) is 0 Å². The smallest absolute Gasteiger partial charge is 0.191 e. The standard InChI is InChI=1S/C23H33N3O2/c1-3-24-23(25-12-6-13-27-16-19-11-14-28-17-19)26-18(2)21-10-9-20-7-4-5-8-22(20)15-21/h4-5,7-10,15,18-19H,3,6,11-14,16-17H2,1-2H3,(H2,24,25,26). The van der Waals surface area contributed by atoms with Crippen molar-refractivity contribution in [1.82, 2.24) is 10.6 Å². The third kappa shape index (κ3) is 6.21. The van der Waals surface area contributed by atoms with E-state index >= 15 is 0 Å². The van der Waals surface area contributed by atoms with Crippen LogP contribution in [0.5, 0.6) is 0 Å². The maximum Gasteiger partial charge on any atom is 0.191 e. The van der Waals surface area contributed by atoms with Crippen molar-refractivity contribution in [3.63, 3.8) is 0 Å². The largest absolute Gasteiger partial charge is 0.381 e. The molecule has 1 heterocycles. The van der Waals surface area contributed by atoms with Crippen LogP contribution in [-0.2, 0) is 9.47 Å². The van der Waals surface area contributed by atoms with Gasteiger partial charge in [-0.05, 0) is 49.1 Å². The number of nitrogens with zero attached hydrogens (tertiary/aromatic N) is 1. The van der Waals surface area contributed by atoms with Gasteiger partial charge < -0.3 is 20.1 Å². The second-order valence-corrected chi connectivity index (χ2v) is 7.39. The zero-order valence-corrected chi connectivity index (χ0v) is 17.1. The lowest BCUT2D eigenvalue weighted by Crippen LogP contribution is -2.38. The summed E-state index contributed by atoms with van der Waals surface area (Å²) in [6, 6.07) is 15.2. The number of benzene rings is 2. The summed E-state index contributed by atoms with van der Waals surface area (Å²) in [4.78, 5) is 4.70. The van der Waals surface area contributed by atoms with Gasteiger partial charge in [0.05, 0.1) is 19.3 Å². The molecule has 0 amide bonds. The first-order chi connectivity index (χ1) is 13.8. The number of ether oxygens (including phenoxy) is 2. The molecular formula is C23H33N3O2. The van der Waals surface area contributed by atoms with Crippen molar-refractivity contribution in [2.75, 3.05) is 39.5 Å². The summed E-state index contributed by atoms with van der Waals surface area (Å²) in [5, 5.41) is 9.38. The van der Waals surface area contributed by atoms with Crippen molar-refractivity contribution in [2.45, 2.75) is 32.7 Å². The average Bonchev–Trinajstić information content (AvgIpc) is 3.23. The minimum absolute atomic E-state index is 0.182. The molecular weight excluding hydrogens is 350 g/mol. The summed E-state index contributed by atoms with van der Waals surface area (Å²) in [5.41, 5.74) is 1.26. The summed E-state index contributed by atoms with van der Waals surface area (Å²) in [7, 11) is 0. The molecule has 0 aliphatic carbocycles. The number of nitrogens with one attached hydrogen (secondary N) is 2. The minimum Gasteiger partial charge on any atom is -0.381 e. The maximum absolute atomic E-state index is 5.76. The van der Waals surface area contributed by atoms with Gasteiger partial charge in [-0.2, -0.15) is 0 Å². The highest BCUT2D eigenvalue weighted by molar-refractivity contribution is 5.84. The van der Waals surface area contributed by atoms with Crippen LogP contribution in [0.1, 0.15) is 38.3 Å². The summed E-state index contributed by atoms with van der Waals surface area (Å²) < 4.78 is 11.1. The Morgan fingerprint density at radius 3 is 2.89 bits per heavy atom. The lowest BCUT2D eigenvalue weighted by atomic mass is 10.0. The van der Waals surface area contributed by atoms with Crippen molar-refractivity contribution < 1.29 is 9.47 Å². The van der Waals surface area contributed by atoms with Gasteiger partial charge in [0, 0.05) is 32.2 Å². The number of guanidine groups is 1. The molecule has 1 aliphatic heterocycles. The van der Waals surface area contributed by atoms with E-state index in [4.69, 9.17) is 14.5 Å². The fourth-order valence-corrected chi connectivity index (χ4v) is 3.41. The Labute approximate surface area is 168 Å². The third-order valence-electron chi connectivity index (χ3n) is 5.07. The van der Waals surface area contributed by atoms with Crippen LogP contribution in [0.4, 0.5) is 0 Å². The highest BCUT2D eigenvalue weighted by Gasteiger charge is 2.15. The molecule has 2 atom stereocenters. The highest BCUT2D eigenvalue weighted by atomic mass is 16.5. The van der Waals surface area contributed by atoms with Crippen molar-refractivity contribution in [2.24, 2.45) is 10.9 Å². The van der Waals surface area contributed by atoms with Crippen LogP contribution in [0.3, 0.4) is 0 Å². The second-order valence-electron chi connectivity index (χ2n) is 7.39. The molecule has 0 radical (unpaired) electrons. The monoisotopic (exact) mass is 383 g/mol. The number of rotatable bonds is 9. The van der Waals surface area contributed by atoms with Crippen LogP contribution in [0.15, 0.2) is 47.5 Å². The number of hydrogen-bond acceptors (Lipinski definition) is 3. The second kappa shape index (κ2) is 11.0. The molecule has 2 unspecified atom stereocenters. The van der Waals surface area contributed by atoms with E-state index in [-0.39, 0.29) is 6.04 Å². The molecule has 0 aromatic heterocycles. The molecule has 1 fully saturated rings. The molecule has 5 nitrogen and oxygen atoms in total. The van der Waals surface area contributed by atoms with Gasteiger partial charge in [-0.1, -0.05) is 36.4 Å². The molecule has 0 saturated carbocycles. The molecule has 2 aromatic rings. The van der Waals surface area contributed by atoms with Crippen LogP contribution in [0.2, 0.25) is 0 Å². The molecule has 3 rings (SSSR count). The van der Waals surface area contributed by atoms with Gasteiger partial charge in [0.25, 0.3) is 0 Å². The van der Waals surface area contributed by atoms with E-state index in [1.807, 2.05) is 0 Å². The van der Waals surface area contributed by atoms with E-state index in [2.05, 4.69) is 66.9 Å². The van der Waals surface area contributed by atoms with Gasteiger partial charge in [0.1, 0.15) is 0 Å².